The van der Waals surface area contributed by atoms with Crippen molar-refractivity contribution in [2.75, 3.05) is 11.9 Å². The van der Waals surface area contributed by atoms with Gasteiger partial charge in [0.15, 0.2) is 5.82 Å². The topological polar surface area (TPSA) is 71.0 Å². The SMILES string of the molecule is CCC(=O)N1CCCC1c1nc(C)cc(Nc2ccccn2)n1. The van der Waals surface area contributed by atoms with Crippen LogP contribution in [0, 0.1) is 6.92 Å². The molecular weight excluding hydrogens is 290 g/mol. The molecule has 1 aliphatic rings. The van der Waals surface area contributed by atoms with Gasteiger partial charge >= 0.3 is 0 Å². The molecule has 0 aromatic carbocycles. The highest BCUT2D eigenvalue weighted by Gasteiger charge is 2.31. The van der Waals surface area contributed by atoms with E-state index in [-0.39, 0.29) is 11.9 Å². The summed E-state index contributed by atoms with van der Waals surface area (Å²) in [6.07, 6.45) is 4.16. The molecule has 0 bridgehead atoms. The number of anilines is 2. The van der Waals surface area contributed by atoms with E-state index in [4.69, 9.17) is 0 Å². The van der Waals surface area contributed by atoms with Gasteiger partial charge < -0.3 is 10.2 Å². The van der Waals surface area contributed by atoms with E-state index in [1.54, 1.807) is 6.20 Å². The number of aromatic nitrogens is 3. The van der Waals surface area contributed by atoms with Gasteiger partial charge in [-0.15, -0.1) is 0 Å². The monoisotopic (exact) mass is 311 g/mol. The highest BCUT2D eigenvalue weighted by molar-refractivity contribution is 5.76. The molecule has 23 heavy (non-hydrogen) atoms. The van der Waals surface area contributed by atoms with E-state index in [0.717, 1.165) is 30.9 Å². The lowest BCUT2D eigenvalue weighted by atomic mass is 10.2. The summed E-state index contributed by atoms with van der Waals surface area (Å²) in [5, 5.41) is 3.20. The number of carbonyl (C=O) groups excluding carboxylic acids is 1. The Bertz CT molecular complexity index is 689. The predicted octanol–water partition coefficient (Wildman–Crippen LogP) is 3.00. The molecule has 1 atom stereocenters. The summed E-state index contributed by atoms with van der Waals surface area (Å²) in [6.45, 7) is 4.62. The van der Waals surface area contributed by atoms with Crippen molar-refractivity contribution in [2.24, 2.45) is 0 Å². The van der Waals surface area contributed by atoms with Crippen LogP contribution in [0.4, 0.5) is 11.6 Å². The summed E-state index contributed by atoms with van der Waals surface area (Å²) in [4.78, 5) is 27.4. The van der Waals surface area contributed by atoms with E-state index in [9.17, 15) is 4.79 Å². The molecule has 1 aliphatic heterocycles. The van der Waals surface area contributed by atoms with Gasteiger partial charge in [0.25, 0.3) is 0 Å². The molecule has 1 amide bonds. The van der Waals surface area contributed by atoms with Gasteiger partial charge in [-0.1, -0.05) is 13.0 Å². The van der Waals surface area contributed by atoms with Crippen LogP contribution in [0.5, 0.6) is 0 Å². The standard InChI is InChI=1S/C17H21N5O/c1-3-16(23)22-10-6-7-13(22)17-19-12(2)11-15(21-17)20-14-8-4-5-9-18-14/h4-5,8-9,11,13H,3,6-7,10H2,1-2H3,(H,18,19,20,21). The fraction of sp³-hybridized carbons (Fsp3) is 0.412. The molecule has 0 aliphatic carbocycles. The van der Waals surface area contributed by atoms with Gasteiger partial charge in [0.1, 0.15) is 11.6 Å². The number of amides is 1. The summed E-state index contributed by atoms with van der Waals surface area (Å²) >= 11 is 0. The predicted molar refractivity (Wildman–Crippen MR) is 88.3 cm³/mol. The number of pyridine rings is 1. The van der Waals surface area contributed by atoms with Crippen LogP contribution in [0.3, 0.4) is 0 Å². The lowest BCUT2D eigenvalue weighted by Crippen LogP contribution is -2.31. The van der Waals surface area contributed by atoms with E-state index in [1.165, 1.54) is 0 Å². The average Bonchev–Trinajstić information content (AvgIpc) is 3.04. The van der Waals surface area contributed by atoms with Gasteiger partial charge in [-0.3, -0.25) is 4.79 Å². The van der Waals surface area contributed by atoms with Gasteiger partial charge in [0.05, 0.1) is 6.04 Å². The van der Waals surface area contributed by atoms with Gasteiger partial charge in [-0.2, -0.15) is 0 Å². The van der Waals surface area contributed by atoms with Gasteiger partial charge in [-0.05, 0) is 31.9 Å². The lowest BCUT2D eigenvalue weighted by Gasteiger charge is -2.23. The third-order valence-electron chi connectivity index (χ3n) is 3.97. The van der Waals surface area contributed by atoms with E-state index < -0.39 is 0 Å². The van der Waals surface area contributed by atoms with Crippen molar-refractivity contribution < 1.29 is 4.79 Å². The number of aryl methyl sites for hydroxylation is 1. The molecule has 2 aromatic rings. The fourth-order valence-corrected chi connectivity index (χ4v) is 2.91. The van der Waals surface area contributed by atoms with E-state index in [0.29, 0.717) is 18.1 Å². The largest absolute Gasteiger partial charge is 0.332 e. The molecule has 3 rings (SSSR count). The van der Waals surface area contributed by atoms with Crippen LogP contribution >= 0.6 is 0 Å². The second-order valence-corrected chi connectivity index (χ2v) is 5.69. The van der Waals surface area contributed by atoms with Gasteiger partial charge in [-0.25, -0.2) is 15.0 Å². The Morgan fingerprint density at radius 1 is 1.35 bits per heavy atom. The molecular formula is C17H21N5O. The Hall–Kier alpha value is -2.50. The number of nitrogens with one attached hydrogen (secondary N) is 1. The molecule has 120 valence electrons. The zero-order chi connectivity index (χ0) is 16.2. The van der Waals surface area contributed by atoms with Crippen molar-refractivity contribution in [1.82, 2.24) is 19.9 Å². The van der Waals surface area contributed by atoms with Crippen LogP contribution in [-0.4, -0.2) is 32.3 Å². The third-order valence-corrected chi connectivity index (χ3v) is 3.97. The zero-order valence-corrected chi connectivity index (χ0v) is 13.5. The Balaban J connectivity index is 1.87. The van der Waals surface area contributed by atoms with Crippen molar-refractivity contribution in [3.63, 3.8) is 0 Å². The first-order valence-electron chi connectivity index (χ1n) is 8.00. The first-order chi connectivity index (χ1) is 11.2. The van der Waals surface area contributed by atoms with Crippen LogP contribution in [-0.2, 0) is 4.79 Å². The number of hydrogen-bond donors (Lipinski definition) is 1. The first kappa shape index (κ1) is 15.4. The molecule has 6 nitrogen and oxygen atoms in total. The second-order valence-electron chi connectivity index (χ2n) is 5.69. The third kappa shape index (κ3) is 3.47. The number of carbonyl (C=O) groups is 1. The number of hydrogen-bond acceptors (Lipinski definition) is 5. The molecule has 0 spiro atoms. The minimum atomic E-state index is -0.0216. The Morgan fingerprint density at radius 3 is 2.96 bits per heavy atom. The highest BCUT2D eigenvalue weighted by Crippen LogP contribution is 2.31. The average molecular weight is 311 g/mol. The van der Waals surface area contributed by atoms with Crippen LogP contribution in [0.1, 0.15) is 43.7 Å². The normalized spacial score (nSPS) is 17.3. The van der Waals surface area contributed by atoms with Crippen molar-refractivity contribution >= 4 is 17.5 Å². The molecule has 0 saturated carbocycles. The summed E-state index contributed by atoms with van der Waals surface area (Å²) in [7, 11) is 0. The minimum Gasteiger partial charge on any atom is -0.332 e. The molecule has 2 aromatic heterocycles. The van der Waals surface area contributed by atoms with E-state index in [1.807, 2.05) is 43.0 Å². The van der Waals surface area contributed by atoms with Crippen LogP contribution in [0.25, 0.3) is 0 Å². The van der Waals surface area contributed by atoms with Gasteiger partial charge in [0.2, 0.25) is 5.91 Å². The number of rotatable bonds is 4. The minimum absolute atomic E-state index is 0.0216. The summed E-state index contributed by atoms with van der Waals surface area (Å²) < 4.78 is 0. The molecule has 1 fully saturated rings. The first-order valence-corrected chi connectivity index (χ1v) is 8.00. The Morgan fingerprint density at radius 2 is 2.22 bits per heavy atom. The Labute approximate surface area is 136 Å². The summed E-state index contributed by atoms with van der Waals surface area (Å²) in [5.41, 5.74) is 0.879. The van der Waals surface area contributed by atoms with Crippen LogP contribution < -0.4 is 5.32 Å². The van der Waals surface area contributed by atoms with Crippen molar-refractivity contribution in [3.05, 3.63) is 42.0 Å². The van der Waals surface area contributed by atoms with Crippen molar-refractivity contribution in [1.29, 1.82) is 0 Å². The van der Waals surface area contributed by atoms with Gasteiger partial charge in [0, 0.05) is 30.9 Å². The summed E-state index contributed by atoms with van der Waals surface area (Å²) in [6, 6.07) is 7.54. The fourth-order valence-electron chi connectivity index (χ4n) is 2.91. The second kappa shape index (κ2) is 6.73. The zero-order valence-electron chi connectivity index (χ0n) is 13.5. The maximum absolute atomic E-state index is 12.1. The molecule has 6 heteroatoms. The van der Waals surface area contributed by atoms with Crippen LogP contribution in [0.15, 0.2) is 30.5 Å². The van der Waals surface area contributed by atoms with Crippen LogP contribution in [0.2, 0.25) is 0 Å². The van der Waals surface area contributed by atoms with Crippen molar-refractivity contribution in [3.8, 4) is 0 Å². The van der Waals surface area contributed by atoms with E-state index in [2.05, 4.69) is 20.3 Å². The van der Waals surface area contributed by atoms with Crippen molar-refractivity contribution in [2.45, 2.75) is 39.2 Å². The molecule has 1 unspecified atom stereocenters. The highest BCUT2D eigenvalue weighted by atomic mass is 16.2. The van der Waals surface area contributed by atoms with E-state index >= 15 is 0 Å². The maximum atomic E-state index is 12.1. The molecule has 1 saturated heterocycles. The Kier molecular flexibility index (Phi) is 4.50. The lowest BCUT2D eigenvalue weighted by molar-refractivity contribution is -0.131. The maximum Gasteiger partial charge on any atom is 0.222 e. The molecule has 3 heterocycles. The quantitative estimate of drug-likeness (QED) is 0.940. The smallest absolute Gasteiger partial charge is 0.222 e. The number of likely N-dealkylation sites (tertiary alicyclic amines) is 1. The summed E-state index contributed by atoms with van der Waals surface area (Å²) in [5.74, 6) is 2.33. The number of nitrogens with zero attached hydrogens (tertiary/aromatic N) is 4. The molecule has 0 radical (unpaired) electrons. The molecule has 1 N–H and O–H groups in total.